The fourth-order valence-electron chi connectivity index (χ4n) is 2.98. The summed E-state index contributed by atoms with van der Waals surface area (Å²) in [5, 5.41) is 3.46. The van der Waals surface area contributed by atoms with Crippen LogP contribution in [0.4, 0.5) is 0 Å². The van der Waals surface area contributed by atoms with Gasteiger partial charge in [0.2, 0.25) is 5.91 Å². The quantitative estimate of drug-likeness (QED) is 0.798. The van der Waals surface area contributed by atoms with E-state index >= 15 is 0 Å². The number of nitrogens with one attached hydrogen (secondary N) is 1. The largest absolute Gasteiger partial charge is 0.323 e. The number of carbonyl (C=O) groups is 1. The van der Waals surface area contributed by atoms with Crippen LogP contribution in [0.2, 0.25) is 0 Å². The molecule has 2 fully saturated rings. The summed E-state index contributed by atoms with van der Waals surface area (Å²) >= 11 is 0. The summed E-state index contributed by atoms with van der Waals surface area (Å²) in [5.74, 6) is 1.11. The van der Waals surface area contributed by atoms with Gasteiger partial charge in [-0.15, -0.1) is 0 Å². The first kappa shape index (κ1) is 12.9. The van der Waals surface area contributed by atoms with E-state index in [9.17, 15) is 4.79 Å². The predicted molar refractivity (Wildman–Crippen MR) is 69.6 cm³/mol. The van der Waals surface area contributed by atoms with Crippen LogP contribution in [0.15, 0.2) is 0 Å². The van der Waals surface area contributed by atoms with Crippen LogP contribution < -0.4 is 5.32 Å². The summed E-state index contributed by atoms with van der Waals surface area (Å²) < 4.78 is 0. The van der Waals surface area contributed by atoms with Crippen LogP contribution in [0.5, 0.6) is 0 Å². The van der Waals surface area contributed by atoms with Gasteiger partial charge in [0.1, 0.15) is 0 Å². The molecule has 2 rings (SSSR count). The Kier molecular flexibility index (Phi) is 3.48. The highest BCUT2D eigenvalue weighted by atomic mass is 16.2. The molecule has 1 saturated carbocycles. The standard InChI is InChI=1S/C14H26N2O/c1-10(2)6-5-7-11(3)16-12(4)15-14(8-9-14)13(16)17/h10-12,15H,5-9H2,1-4H3. The molecule has 1 N–H and O–H groups in total. The van der Waals surface area contributed by atoms with Gasteiger partial charge < -0.3 is 4.90 Å². The lowest BCUT2D eigenvalue weighted by molar-refractivity contribution is -0.132. The van der Waals surface area contributed by atoms with Crippen LogP contribution in [0.1, 0.15) is 59.8 Å². The van der Waals surface area contributed by atoms with Crippen molar-refractivity contribution in [3.8, 4) is 0 Å². The number of carbonyl (C=O) groups excluding carboxylic acids is 1. The van der Waals surface area contributed by atoms with Gasteiger partial charge >= 0.3 is 0 Å². The smallest absolute Gasteiger partial charge is 0.244 e. The molecule has 1 amide bonds. The van der Waals surface area contributed by atoms with E-state index in [2.05, 4.69) is 37.9 Å². The van der Waals surface area contributed by atoms with Crippen LogP contribution in [-0.2, 0) is 4.79 Å². The van der Waals surface area contributed by atoms with Gasteiger partial charge in [0.05, 0.1) is 11.7 Å². The molecule has 1 aliphatic heterocycles. The van der Waals surface area contributed by atoms with Gasteiger partial charge in [-0.2, -0.15) is 0 Å². The van der Waals surface area contributed by atoms with Crippen LogP contribution in [0.3, 0.4) is 0 Å². The van der Waals surface area contributed by atoms with Crippen LogP contribution >= 0.6 is 0 Å². The van der Waals surface area contributed by atoms with Crippen molar-refractivity contribution in [3.63, 3.8) is 0 Å². The fourth-order valence-corrected chi connectivity index (χ4v) is 2.98. The molecule has 3 nitrogen and oxygen atoms in total. The Morgan fingerprint density at radius 3 is 2.47 bits per heavy atom. The minimum Gasteiger partial charge on any atom is -0.323 e. The highest BCUT2D eigenvalue weighted by molar-refractivity contribution is 5.92. The Hall–Kier alpha value is -0.570. The lowest BCUT2D eigenvalue weighted by Crippen LogP contribution is -2.41. The summed E-state index contributed by atoms with van der Waals surface area (Å²) in [5.41, 5.74) is -0.147. The van der Waals surface area contributed by atoms with Crippen LogP contribution in [0.25, 0.3) is 0 Å². The zero-order chi connectivity index (χ0) is 12.6. The van der Waals surface area contributed by atoms with Gasteiger partial charge in [-0.3, -0.25) is 10.1 Å². The van der Waals surface area contributed by atoms with Crippen molar-refractivity contribution in [2.24, 2.45) is 5.92 Å². The van der Waals surface area contributed by atoms with Crippen molar-refractivity contribution in [1.29, 1.82) is 0 Å². The summed E-state index contributed by atoms with van der Waals surface area (Å²) in [4.78, 5) is 14.4. The van der Waals surface area contributed by atoms with E-state index in [0.717, 1.165) is 25.2 Å². The summed E-state index contributed by atoms with van der Waals surface area (Å²) in [6, 6.07) is 0.378. The molecule has 0 aromatic carbocycles. The number of amides is 1. The second-order valence-corrected chi connectivity index (χ2v) is 6.29. The zero-order valence-electron chi connectivity index (χ0n) is 11.6. The summed E-state index contributed by atoms with van der Waals surface area (Å²) in [6.45, 7) is 8.83. The highest BCUT2D eigenvalue weighted by Crippen LogP contribution is 2.42. The fraction of sp³-hybridized carbons (Fsp3) is 0.929. The van der Waals surface area contributed by atoms with Crippen molar-refractivity contribution in [3.05, 3.63) is 0 Å². The molecule has 1 spiro atoms. The Balaban J connectivity index is 1.86. The maximum absolute atomic E-state index is 12.3. The molecule has 1 aliphatic carbocycles. The molecular weight excluding hydrogens is 212 g/mol. The first-order valence-corrected chi connectivity index (χ1v) is 7.07. The van der Waals surface area contributed by atoms with Gasteiger partial charge in [-0.1, -0.05) is 26.7 Å². The third-order valence-corrected chi connectivity index (χ3v) is 4.17. The molecule has 2 atom stereocenters. The van der Waals surface area contributed by atoms with E-state index < -0.39 is 0 Å². The molecular formula is C14H26N2O. The van der Waals surface area contributed by atoms with Gasteiger partial charge in [0, 0.05) is 6.04 Å². The van der Waals surface area contributed by atoms with Gasteiger partial charge in [0.25, 0.3) is 0 Å². The molecule has 98 valence electrons. The van der Waals surface area contributed by atoms with Crippen molar-refractivity contribution in [1.82, 2.24) is 10.2 Å². The molecule has 1 heterocycles. The molecule has 2 aliphatic rings. The topological polar surface area (TPSA) is 32.3 Å². The Bertz CT molecular complexity index is 297. The SMILES string of the molecule is CC(C)CCCC(C)N1C(=O)C2(CC2)NC1C. The second kappa shape index (κ2) is 4.60. The van der Waals surface area contributed by atoms with E-state index in [1.165, 1.54) is 12.8 Å². The van der Waals surface area contributed by atoms with Crippen molar-refractivity contribution in [2.75, 3.05) is 0 Å². The molecule has 0 aromatic rings. The summed E-state index contributed by atoms with van der Waals surface area (Å²) in [7, 11) is 0. The maximum Gasteiger partial charge on any atom is 0.244 e. The average molecular weight is 238 g/mol. The number of hydrogen-bond acceptors (Lipinski definition) is 2. The minimum absolute atomic E-state index is 0.147. The van der Waals surface area contributed by atoms with Crippen molar-refractivity contribution in [2.45, 2.75) is 77.5 Å². The van der Waals surface area contributed by atoms with E-state index in [4.69, 9.17) is 0 Å². The minimum atomic E-state index is -0.147. The van der Waals surface area contributed by atoms with Crippen molar-refractivity contribution < 1.29 is 4.79 Å². The summed E-state index contributed by atoms with van der Waals surface area (Å²) in [6.07, 6.45) is 5.91. The number of rotatable bonds is 5. The Labute approximate surface area is 105 Å². The first-order valence-electron chi connectivity index (χ1n) is 7.07. The lowest BCUT2D eigenvalue weighted by Gasteiger charge is -2.28. The Morgan fingerprint density at radius 1 is 1.35 bits per heavy atom. The monoisotopic (exact) mass is 238 g/mol. The third kappa shape index (κ3) is 2.49. The predicted octanol–water partition coefficient (Wildman–Crippen LogP) is 2.51. The highest BCUT2D eigenvalue weighted by Gasteiger charge is 2.58. The van der Waals surface area contributed by atoms with E-state index in [1.807, 2.05) is 0 Å². The lowest BCUT2D eigenvalue weighted by atomic mass is 10.0. The van der Waals surface area contributed by atoms with E-state index in [0.29, 0.717) is 11.9 Å². The first-order chi connectivity index (χ1) is 7.96. The molecule has 0 radical (unpaired) electrons. The molecule has 0 bridgehead atoms. The maximum atomic E-state index is 12.3. The zero-order valence-corrected chi connectivity index (χ0v) is 11.6. The van der Waals surface area contributed by atoms with Crippen LogP contribution in [0, 0.1) is 5.92 Å². The van der Waals surface area contributed by atoms with E-state index in [1.54, 1.807) is 0 Å². The molecule has 3 heteroatoms. The second-order valence-electron chi connectivity index (χ2n) is 6.29. The Morgan fingerprint density at radius 2 is 2.00 bits per heavy atom. The van der Waals surface area contributed by atoms with Crippen molar-refractivity contribution >= 4 is 5.91 Å². The normalized spacial score (nSPS) is 28.2. The van der Waals surface area contributed by atoms with Gasteiger partial charge in [-0.05, 0) is 39.0 Å². The van der Waals surface area contributed by atoms with Crippen LogP contribution in [-0.4, -0.2) is 28.6 Å². The van der Waals surface area contributed by atoms with Gasteiger partial charge in [0.15, 0.2) is 0 Å². The molecule has 0 aromatic heterocycles. The van der Waals surface area contributed by atoms with E-state index in [-0.39, 0.29) is 11.7 Å². The number of hydrogen-bond donors (Lipinski definition) is 1. The third-order valence-electron chi connectivity index (χ3n) is 4.17. The van der Waals surface area contributed by atoms with Gasteiger partial charge in [-0.25, -0.2) is 0 Å². The molecule has 1 saturated heterocycles. The molecule has 17 heavy (non-hydrogen) atoms. The average Bonchev–Trinajstić information content (AvgIpc) is 2.93. The molecule has 2 unspecified atom stereocenters. The number of nitrogens with zero attached hydrogens (tertiary/aromatic N) is 1.